The van der Waals surface area contributed by atoms with Gasteiger partial charge >= 0.3 is 5.97 Å². The van der Waals surface area contributed by atoms with E-state index in [0.717, 1.165) is 11.1 Å². The van der Waals surface area contributed by atoms with E-state index in [-0.39, 0.29) is 19.1 Å². The molecule has 1 aliphatic rings. The summed E-state index contributed by atoms with van der Waals surface area (Å²) in [5.74, 6) is 0.331. The predicted molar refractivity (Wildman–Crippen MR) is 96.6 cm³/mol. The third-order valence-corrected chi connectivity index (χ3v) is 4.10. The maximum atomic E-state index is 12.8. The smallest absolute Gasteiger partial charge is 0.348 e. The first-order valence-electron chi connectivity index (χ1n) is 8.33. The standard InChI is InChI=1S/C20H21NO5/c1-13-8-14(2)10-15(9-13)25-12-19(22)21-11-18(20(23)24-3)26-17-7-5-4-6-16(17)21/h4-10,18H,11-12H2,1-3H3/t18-/m0/s1. The van der Waals surface area contributed by atoms with Crippen LogP contribution in [0.4, 0.5) is 5.69 Å². The van der Waals surface area contributed by atoms with Gasteiger partial charge in [0.1, 0.15) is 11.5 Å². The van der Waals surface area contributed by atoms with Crippen LogP contribution in [0.1, 0.15) is 11.1 Å². The molecule has 1 heterocycles. The van der Waals surface area contributed by atoms with Gasteiger partial charge < -0.3 is 19.1 Å². The first-order chi connectivity index (χ1) is 12.5. The molecular formula is C20H21NO5. The number of benzene rings is 2. The number of methoxy groups -OCH3 is 1. The number of amides is 1. The molecule has 1 atom stereocenters. The molecule has 0 fully saturated rings. The van der Waals surface area contributed by atoms with Crippen LogP contribution >= 0.6 is 0 Å². The average Bonchev–Trinajstić information content (AvgIpc) is 2.63. The average molecular weight is 355 g/mol. The van der Waals surface area contributed by atoms with Crippen molar-refractivity contribution >= 4 is 17.6 Å². The van der Waals surface area contributed by atoms with Gasteiger partial charge in [-0.25, -0.2) is 4.79 Å². The third kappa shape index (κ3) is 3.79. The Labute approximate surface area is 152 Å². The highest BCUT2D eigenvalue weighted by Crippen LogP contribution is 2.33. The van der Waals surface area contributed by atoms with Gasteiger partial charge in [0.2, 0.25) is 6.10 Å². The van der Waals surface area contributed by atoms with E-state index in [9.17, 15) is 9.59 Å². The number of rotatable bonds is 4. The zero-order valence-electron chi connectivity index (χ0n) is 15.0. The van der Waals surface area contributed by atoms with Crippen LogP contribution in [0, 0.1) is 13.8 Å². The quantitative estimate of drug-likeness (QED) is 0.789. The van der Waals surface area contributed by atoms with Gasteiger partial charge in [-0.1, -0.05) is 18.2 Å². The first kappa shape index (κ1) is 17.8. The minimum Gasteiger partial charge on any atom is -0.484 e. The van der Waals surface area contributed by atoms with Crippen molar-refractivity contribution in [2.24, 2.45) is 0 Å². The molecule has 0 radical (unpaired) electrons. The number of anilines is 1. The molecule has 0 aromatic heterocycles. The van der Waals surface area contributed by atoms with Crippen LogP contribution in [0.2, 0.25) is 0 Å². The zero-order chi connectivity index (χ0) is 18.7. The van der Waals surface area contributed by atoms with Crippen LogP contribution in [-0.4, -0.2) is 38.2 Å². The lowest BCUT2D eigenvalue weighted by Gasteiger charge is -2.33. The number of fused-ring (bicyclic) bond motifs is 1. The Bertz CT molecular complexity index is 812. The van der Waals surface area contributed by atoms with E-state index in [1.165, 1.54) is 12.0 Å². The van der Waals surface area contributed by atoms with Crippen LogP contribution < -0.4 is 14.4 Å². The van der Waals surface area contributed by atoms with Crippen molar-refractivity contribution in [3.05, 3.63) is 53.6 Å². The highest BCUT2D eigenvalue weighted by Gasteiger charge is 2.34. The molecule has 1 amide bonds. The van der Waals surface area contributed by atoms with E-state index in [2.05, 4.69) is 0 Å². The number of carbonyl (C=O) groups is 2. The molecule has 3 rings (SSSR count). The van der Waals surface area contributed by atoms with Gasteiger partial charge in [0.25, 0.3) is 5.91 Å². The van der Waals surface area contributed by atoms with Crippen molar-refractivity contribution in [3.63, 3.8) is 0 Å². The highest BCUT2D eigenvalue weighted by atomic mass is 16.6. The Morgan fingerprint density at radius 2 is 1.85 bits per heavy atom. The SMILES string of the molecule is COC(=O)[C@@H]1CN(C(=O)COc2cc(C)cc(C)c2)c2ccccc2O1. The second-order valence-corrected chi connectivity index (χ2v) is 6.21. The number of hydrogen-bond acceptors (Lipinski definition) is 5. The second-order valence-electron chi connectivity index (χ2n) is 6.21. The minimum absolute atomic E-state index is 0.0821. The number of aryl methyl sites for hydroxylation is 2. The first-order valence-corrected chi connectivity index (χ1v) is 8.33. The molecule has 0 saturated carbocycles. The van der Waals surface area contributed by atoms with Gasteiger partial charge in [0, 0.05) is 0 Å². The summed E-state index contributed by atoms with van der Waals surface area (Å²) >= 11 is 0. The number of ether oxygens (including phenoxy) is 3. The molecule has 136 valence electrons. The fourth-order valence-corrected chi connectivity index (χ4v) is 2.96. The fourth-order valence-electron chi connectivity index (χ4n) is 2.96. The van der Waals surface area contributed by atoms with E-state index in [0.29, 0.717) is 17.2 Å². The second kappa shape index (κ2) is 7.47. The summed E-state index contributed by atoms with van der Waals surface area (Å²) in [5, 5.41) is 0. The summed E-state index contributed by atoms with van der Waals surface area (Å²) in [6.45, 7) is 3.89. The molecule has 0 aliphatic carbocycles. The van der Waals surface area contributed by atoms with Gasteiger partial charge in [-0.05, 0) is 49.2 Å². The van der Waals surface area contributed by atoms with E-state index >= 15 is 0 Å². The minimum atomic E-state index is -0.861. The normalized spacial score (nSPS) is 15.7. The predicted octanol–water partition coefficient (Wildman–Crippen LogP) is 2.65. The summed E-state index contributed by atoms with van der Waals surface area (Å²) in [6, 6.07) is 12.9. The molecular weight excluding hydrogens is 334 g/mol. The zero-order valence-corrected chi connectivity index (χ0v) is 15.0. The molecule has 0 N–H and O–H groups in total. The van der Waals surface area contributed by atoms with Gasteiger partial charge in [-0.3, -0.25) is 4.79 Å². The Morgan fingerprint density at radius 1 is 1.15 bits per heavy atom. The van der Waals surface area contributed by atoms with E-state index in [1.807, 2.05) is 38.1 Å². The van der Waals surface area contributed by atoms with Crippen molar-refractivity contribution in [1.82, 2.24) is 0 Å². The molecule has 2 aromatic carbocycles. The van der Waals surface area contributed by atoms with Crippen LogP contribution in [-0.2, 0) is 14.3 Å². The van der Waals surface area contributed by atoms with Crippen LogP contribution in [0.5, 0.6) is 11.5 Å². The maximum absolute atomic E-state index is 12.8. The number of carbonyl (C=O) groups excluding carboxylic acids is 2. The fraction of sp³-hybridized carbons (Fsp3) is 0.300. The Balaban J connectivity index is 1.77. The summed E-state index contributed by atoms with van der Waals surface area (Å²) in [6.07, 6.45) is -0.861. The molecule has 0 spiro atoms. The third-order valence-electron chi connectivity index (χ3n) is 4.10. The van der Waals surface area contributed by atoms with Crippen molar-refractivity contribution in [1.29, 1.82) is 0 Å². The molecule has 6 heteroatoms. The molecule has 0 bridgehead atoms. The summed E-state index contributed by atoms with van der Waals surface area (Å²) in [4.78, 5) is 26.1. The molecule has 2 aromatic rings. The van der Waals surface area contributed by atoms with E-state index in [4.69, 9.17) is 14.2 Å². The largest absolute Gasteiger partial charge is 0.484 e. The van der Waals surface area contributed by atoms with E-state index in [1.54, 1.807) is 18.2 Å². The van der Waals surface area contributed by atoms with Crippen molar-refractivity contribution in [3.8, 4) is 11.5 Å². The van der Waals surface area contributed by atoms with Gasteiger partial charge in [0.15, 0.2) is 6.61 Å². The lowest BCUT2D eigenvalue weighted by Crippen LogP contribution is -2.48. The van der Waals surface area contributed by atoms with Gasteiger partial charge in [0.05, 0.1) is 19.3 Å². The summed E-state index contributed by atoms with van der Waals surface area (Å²) < 4.78 is 16.1. The molecule has 6 nitrogen and oxygen atoms in total. The van der Waals surface area contributed by atoms with Gasteiger partial charge in [-0.2, -0.15) is 0 Å². The van der Waals surface area contributed by atoms with E-state index < -0.39 is 12.1 Å². The lowest BCUT2D eigenvalue weighted by atomic mass is 10.1. The topological polar surface area (TPSA) is 65.1 Å². The monoisotopic (exact) mass is 355 g/mol. The number of nitrogens with zero attached hydrogens (tertiary/aromatic N) is 1. The highest BCUT2D eigenvalue weighted by molar-refractivity contribution is 5.97. The summed E-state index contributed by atoms with van der Waals surface area (Å²) in [5.41, 5.74) is 2.74. The number of para-hydroxylation sites is 2. The Hall–Kier alpha value is -3.02. The van der Waals surface area contributed by atoms with Crippen LogP contribution in [0.3, 0.4) is 0 Å². The van der Waals surface area contributed by atoms with Gasteiger partial charge in [-0.15, -0.1) is 0 Å². The Kier molecular flexibility index (Phi) is 5.11. The molecule has 0 unspecified atom stereocenters. The van der Waals surface area contributed by atoms with Crippen LogP contribution in [0.15, 0.2) is 42.5 Å². The van der Waals surface area contributed by atoms with Crippen LogP contribution in [0.25, 0.3) is 0 Å². The molecule has 26 heavy (non-hydrogen) atoms. The lowest BCUT2D eigenvalue weighted by molar-refractivity contribution is -0.148. The van der Waals surface area contributed by atoms with Crippen molar-refractivity contribution < 1.29 is 23.8 Å². The molecule has 0 saturated heterocycles. The number of hydrogen-bond donors (Lipinski definition) is 0. The Morgan fingerprint density at radius 3 is 2.54 bits per heavy atom. The van der Waals surface area contributed by atoms with Crippen molar-refractivity contribution in [2.75, 3.05) is 25.2 Å². The maximum Gasteiger partial charge on any atom is 0.348 e. The summed E-state index contributed by atoms with van der Waals surface area (Å²) in [7, 11) is 1.29. The van der Waals surface area contributed by atoms with Crippen molar-refractivity contribution in [2.45, 2.75) is 20.0 Å². The number of esters is 1. The molecule has 1 aliphatic heterocycles.